The molecule has 0 aliphatic carbocycles. The SMILES string of the molecule is c1ccc2cc3c(cc2c1)c1ccccc1n3-c1ccc(-c2cccc3sc4ccccc4c23)c2nccnc12. The number of thiophene rings is 1. The Morgan fingerprint density at radius 2 is 1.23 bits per heavy atom. The first kappa shape index (κ1) is 21.8. The third-order valence-corrected chi connectivity index (χ3v) is 9.21. The highest BCUT2D eigenvalue weighted by Gasteiger charge is 2.19. The number of aromatic nitrogens is 3. The van der Waals surface area contributed by atoms with E-state index < -0.39 is 0 Å². The van der Waals surface area contributed by atoms with Gasteiger partial charge in [0.15, 0.2) is 0 Å². The average Bonchev–Trinajstić information content (AvgIpc) is 3.55. The van der Waals surface area contributed by atoms with Gasteiger partial charge in [-0.2, -0.15) is 0 Å². The van der Waals surface area contributed by atoms with Gasteiger partial charge in [0.1, 0.15) is 5.52 Å². The van der Waals surface area contributed by atoms with Crippen LogP contribution in [0.4, 0.5) is 0 Å². The summed E-state index contributed by atoms with van der Waals surface area (Å²) in [6, 6.07) is 41.6. The number of para-hydroxylation sites is 1. The van der Waals surface area contributed by atoms with Crippen molar-refractivity contribution in [3.05, 3.63) is 128 Å². The summed E-state index contributed by atoms with van der Waals surface area (Å²) in [6.07, 6.45) is 3.61. The molecule has 0 aliphatic heterocycles. The second-order valence-electron chi connectivity index (χ2n) is 10.2. The van der Waals surface area contributed by atoms with Crippen molar-refractivity contribution in [3.8, 4) is 16.8 Å². The fraction of sp³-hybridized carbons (Fsp3) is 0. The summed E-state index contributed by atoms with van der Waals surface area (Å²) < 4.78 is 4.95. The molecule has 3 nitrogen and oxygen atoms in total. The summed E-state index contributed by atoms with van der Waals surface area (Å²) in [5.41, 5.74) is 7.48. The van der Waals surface area contributed by atoms with E-state index in [-0.39, 0.29) is 0 Å². The molecule has 0 bridgehead atoms. The highest BCUT2D eigenvalue weighted by Crippen LogP contribution is 2.43. The highest BCUT2D eigenvalue weighted by atomic mass is 32.1. The Kier molecular flexibility index (Phi) is 4.48. The first-order chi connectivity index (χ1) is 19.8. The molecule has 0 unspecified atom stereocenters. The normalized spacial score (nSPS) is 12.0. The van der Waals surface area contributed by atoms with Crippen LogP contribution in [0.25, 0.3) is 80.6 Å². The molecule has 0 spiro atoms. The van der Waals surface area contributed by atoms with E-state index in [9.17, 15) is 0 Å². The maximum atomic E-state index is 4.95. The second kappa shape index (κ2) is 8.22. The summed E-state index contributed by atoms with van der Waals surface area (Å²) in [5.74, 6) is 0. The van der Waals surface area contributed by atoms with Crippen LogP contribution >= 0.6 is 11.3 Å². The van der Waals surface area contributed by atoms with Gasteiger partial charge in [-0.25, -0.2) is 0 Å². The molecule has 0 aliphatic rings. The van der Waals surface area contributed by atoms with E-state index >= 15 is 0 Å². The van der Waals surface area contributed by atoms with Crippen molar-refractivity contribution in [1.29, 1.82) is 0 Å². The number of benzene rings is 6. The minimum absolute atomic E-state index is 0.896. The Morgan fingerprint density at radius 3 is 2.12 bits per heavy atom. The van der Waals surface area contributed by atoms with E-state index in [0.29, 0.717) is 0 Å². The van der Waals surface area contributed by atoms with Crippen molar-refractivity contribution >= 4 is 75.1 Å². The molecule has 0 fully saturated rings. The molecule has 3 heterocycles. The number of hydrogen-bond acceptors (Lipinski definition) is 3. The molecular formula is C36H21N3S. The molecule has 9 rings (SSSR count). The average molecular weight is 528 g/mol. The van der Waals surface area contributed by atoms with Gasteiger partial charge >= 0.3 is 0 Å². The second-order valence-corrected chi connectivity index (χ2v) is 11.3. The molecule has 0 atom stereocenters. The van der Waals surface area contributed by atoms with Gasteiger partial charge in [0.25, 0.3) is 0 Å². The number of fused-ring (bicyclic) bond motifs is 8. The van der Waals surface area contributed by atoms with E-state index in [0.717, 1.165) is 22.3 Å². The monoisotopic (exact) mass is 527 g/mol. The zero-order chi connectivity index (χ0) is 26.2. The zero-order valence-corrected chi connectivity index (χ0v) is 22.2. The molecule has 9 aromatic rings. The molecule has 4 heteroatoms. The van der Waals surface area contributed by atoms with Crippen LogP contribution in [0, 0.1) is 0 Å². The first-order valence-electron chi connectivity index (χ1n) is 13.4. The Balaban J connectivity index is 1.39. The molecule has 0 saturated heterocycles. The van der Waals surface area contributed by atoms with Crippen molar-refractivity contribution in [3.63, 3.8) is 0 Å². The van der Waals surface area contributed by atoms with E-state index in [4.69, 9.17) is 9.97 Å². The number of nitrogens with zero attached hydrogens (tertiary/aromatic N) is 3. The predicted molar refractivity (Wildman–Crippen MR) is 170 cm³/mol. The maximum absolute atomic E-state index is 4.95. The van der Waals surface area contributed by atoms with Crippen LogP contribution in [0.3, 0.4) is 0 Å². The third-order valence-electron chi connectivity index (χ3n) is 8.08. The van der Waals surface area contributed by atoms with Gasteiger partial charge in [0.05, 0.1) is 22.2 Å². The molecule has 6 aromatic carbocycles. The summed E-state index contributed by atoms with van der Waals surface area (Å²) in [7, 11) is 0. The Morgan fingerprint density at radius 1 is 0.500 bits per heavy atom. The zero-order valence-electron chi connectivity index (χ0n) is 21.4. The van der Waals surface area contributed by atoms with Gasteiger partial charge < -0.3 is 4.57 Å². The lowest BCUT2D eigenvalue weighted by atomic mass is 9.97. The van der Waals surface area contributed by atoms with E-state index in [1.807, 2.05) is 11.3 Å². The molecule has 3 aromatic heterocycles. The van der Waals surface area contributed by atoms with Crippen molar-refractivity contribution in [2.45, 2.75) is 0 Å². The molecule has 0 amide bonds. The summed E-state index contributed by atoms with van der Waals surface area (Å²) in [6.45, 7) is 0. The van der Waals surface area contributed by atoms with Gasteiger partial charge in [0.2, 0.25) is 0 Å². The molecular weight excluding hydrogens is 506 g/mol. The van der Waals surface area contributed by atoms with Crippen LogP contribution < -0.4 is 0 Å². The van der Waals surface area contributed by atoms with Crippen LogP contribution in [0.1, 0.15) is 0 Å². The quantitative estimate of drug-likeness (QED) is 0.224. The summed E-state index contributed by atoms with van der Waals surface area (Å²) >= 11 is 1.84. The van der Waals surface area contributed by atoms with Crippen LogP contribution in [0.5, 0.6) is 0 Å². The lowest BCUT2D eigenvalue weighted by Gasteiger charge is -2.14. The maximum Gasteiger partial charge on any atom is 0.113 e. The van der Waals surface area contributed by atoms with Gasteiger partial charge in [-0.3, -0.25) is 9.97 Å². The molecule has 40 heavy (non-hydrogen) atoms. The summed E-state index contributed by atoms with van der Waals surface area (Å²) in [4.78, 5) is 9.89. The Hall–Kier alpha value is -5.06. The summed E-state index contributed by atoms with van der Waals surface area (Å²) in [5, 5.41) is 7.51. The fourth-order valence-electron chi connectivity index (χ4n) is 6.35. The topological polar surface area (TPSA) is 30.7 Å². The number of hydrogen-bond donors (Lipinski definition) is 0. The van der Waals surface area contributed by atoms with Crippen molar-refractivity contribution in [1.82, 2.24) is 14.5 Å². The lowest BCUT2D eigenvalue weighted by Crippen LogP contribution is -1.99. The van der Waals surface area contributed by atoms with Gasteiger partial charge in [-0.1, -0.05) is 72.8 Å². The first-order valence-corrected chi connectivity index (χ1v) is 14.2. The Bertz CT molecular complexity index is 2450. The van der Waals surface area contributed by atoms with E-state index in [1.165, 1.54) is 58.3 Å². The minimum Gasteiger partial charge on any atom is -0.307 e. The van der Waals surface area contributed by atoms with Gasteiger partial charge in [0, 0.05) is 48.9 Å². The third kappa shape index (κ3) is 2.99. The Labute approximate surface area is 233 Å². The van der Waals surface area contributed by atoms with E-state index in [1.54, 1.807) is 12.4 Å². The van der Waals surface area contributed by atoms with Gasteiger partial charge in [-0.15, -0.1) is 11.3 Å². The molecule has 186 valence electrons. The minimum atomic E-state index is 0.896. The molecule has 0 radical (unpaired) electrons. The molecule has 0 N–H and O–H groups in total. The standard InChI is InChI=1S/C36H21N3S/c1-2-9-23-21-31-28(20-22(23)8-1)24-10-3-5-13-29(24)39(31)30-17-16-26(35-36(30)38-19-18-37-35)25-12-7-15-33-34(25)27-11-4-6-14-32(27)40-33/h1-21H. The molecule has 0 saturated carbocycles. The lowest BCUT2D eigenvalue weighted by molar-refractivity contribution is 1.17. The highest BCUT2D eigenvalue weighted by molar-refractivity contribution is 7.25. The number of rotatable bonds is 2. The fourth-order valence-corrected chi connectivity index (χ4v) is 7.49. The van der Waals surface area contributed by atoms with Crippen LogP contribution in [0.2, 0.25) is 0 Å². The van der Waals surface area contributed by atoms with Crippen molar-refractivity contribution in [2.24, 2.45) is 0 Å². The van der Waals surface area contributed by atoms with Crippen molar-refractivity contribution < 1.29 is 0 Å². The van der Waals surface area contributed by atoms with Crippen LogP contribution in [-0.4, -0.2) is 14.5 Å². The largest absolute Gasteiger partial charge is 0.307 e. The van der Waals surface area contributed by atoms with Crippen LogP contribution in [-0.2, 0) is 0 Å². The van der Waals surface area contributed by atoms with E-state index in [2.05, 4.69) is 120 Å². The smallest absolute Gasteiger partial charge is 0.113 e. The van der Waals surface area contributed by atoms with Crippen LogP contribution in [0.15, 0.2) is 128 Å². The van der Waals surface area contributed by atoms with Crippen molar-refractivity contribution in [2.75, 3.05) is 0 Å². The van der Waals surface area contributed by atoms with Gasteiger partial charge in [-0.05, 0) is 58.8 Å². The predicted octanol–water partition coefficient (Wildman–Crippen LogP) is 9.91.